The minimum Gasteiger partial charge on any atom is -0.321 e. The molecular formula is C19H17NO. The largest absolute Gasteiger partial charge is 0.321 e. The second-order valence-corrected chi connectivity index (χ2v) is 5.14. The van der Waals surface area contributed by atoms with Crippen LogP contribution < -0.4 is 0 Å². The van der Waals surface area contributed by atoms with Gasteiger partial charge in [0.25, 0.3) is 0 Å². The maximum absolute atomic E-state index is 12.6. The number of hydrogen-bond acceptors (Lipinski definition) is 1. The average molecular weight is 275 g/mol. The lowest BCUT2D eigenvalue weighted by molar-refractivity contribution is -0.128. The normalized spacial score (nSPS) is 18.3. The Kier molecular flexibility index (Phi) is 3.69. The zero-order valence-electron chi connectivity index (χ0n) is 11.9. The minimum atomic E-state index is -0.249. The van der Waals surface area contributed by atoms with Crippen molar-refractivity contribution < 1.29 is 4.79 Å². The second-order valence-electron chi connectivity index (χ2n) is 5.14. The van der Waals surface area contributed by atoms with E-state index in [1.54, 1.807) is 11.9 Å². The molecule has 1 aliphatic rings. The molecule has 0 radical (unpaired) electrons. The van der Waals surface area contributed by atoms with Gasteiger partial charge in [0.1, 0.15) is 0 Å². The zero-order chi connectivity index (χ0) is 14.7. The molecule has 1 atom stereocenters. The van der Waals surface area contributed by atoms with Crippen molar-refractivity contribution >= 4 is 11.5 Å². The van der Waals surface area contributed by atoms with Crippen molar-refractivity contribution in [2.75, 3.05) is 7.05 Å². The lowest BCUT2D eigenvalue weighted by Crippen LogP contribution is -2.25. The van der Waals surface area contributed by atoms with Crippen molar-refractivity contribution in [1.29, 1.82) is 0 Å². The molecule has 2 nitrogen and oxygen atoms in total. The van der Waals surface area contributed by atoms with Crippen molar-refractivity contribution in [3.05, 3.63) is 90.1 Å². The average Bonchev–Trinajstić information content (AvgIpc) is 2.69. The highest BCUT2D eigenvalue weighted by molar-refractivity contribution is 5.91. The highest BCUT2D eigenvalue weighted by Crippen LogP contribution is 2.28. The molecule has 1 heterocycles. The molecule has 3 rings (SSSR count). The van der Waals surface area contributed by atoms with Crippen LogP contribution in [0, 0.1) is 0 Å². The van der Waals surface area contributed by atoms with E-state index in [-0.39, 0.29) is 11.8 Å². The van der Waals surface area contributed by atoms with Crippen molar-refractivity contribution in [3.63, 3.8) is 0 Å². The molecule has 0 bridgehead atoms. The summed E-state index contributed by atoms with van der Waals surface area (Å²) in [5.41, 5.74) is 3.21. The molecule has 0 fully saturated rings. The number of nitrogens with zero attached hydrogens (tertiary/aromatic N) is 1. The van der Waals surface area contributed by atoms with Gasteiger partial charge in [-0.05, 0) is 22.8 Å². The molecule has 2 aromatic carbocycles. The Hall–Kier alpha value is -2.61. The number of allylic oxidation sites excluding steroid dienone is 2. The Morgan fingerprint density at radius 2 is 1.52 bits per heavy atom. The predicted molar refractivity (Wildman–Crippen MR) is 85.5 cm³/mol. The minimum absolute atomic E-state index is 0.0865. The Balaban J connectivity index is 2.07. The van der Waals surface area contributed by atoms with Crippen LogP contribution in [0.4, 0.5) is 0 Å². The van der Waals surface area contributed by atoms with E-state index in [9.17, 15) is 4.79 Å². The third kappa shape index (κ3) is 2.79. The second kappa shape index (κ2) is 5.80. The van der Waals surface area contributed by atoms with Crippen LogP contribution >= 0.6 is 0 Å². The maximum Gasteiger partial charge on any atom is 0.237 e. The van der Waals surface area contributed by atoms with Crippen LogP contribution in [0.5, 0.6) is 0 Å². The van der Waals surface area contributed by atoms with E-state index in [1.165, 1.54) is 0 Å². The van der Waals surface area contributed by atoms with E-state index in [4.69, 9.17) is 0 Å². The van der Waals surface area contributed by atoms with Crippen LogP contribution in [-0.4, -0.2) is 17.9 Å². The molecule has 1 aliphatic heterocycles. The van der Waals surface area contributed by atoms with Gasteiger partial charge in [-0.3, -0.25) is 4.79 Å². The summed E-state index contributed by atoms with van der Waals surface area (Å²) in [4.78, 5) is 14.2. The molecule has 1 amide bonds. The quantitative estimate of drug-likeness (QED) is 0.815. The smallest absolute Gasteiger partial charge is 0.237 e. The summed E-state index contributed by atoms with van der Waals surface area (Å²) >= 11 is 0. The van der Waals surface area contributed by atoms with E-state index in [0.29, 0.717) is 0 Å². The number of carbonyl (C=O) groups excluding carboxylic acids is 1. The first kappa shape index (κ1) is 13.4. The Morgan fingerprint density at radius 3 is 2.19 bits per heavy atom. The molecule has 0 N–H and O–H groups in total. The third-order valence-corrected chi connectivity index (χ3v) is 3.70. The van der Waals surface area contributed by atoms with Crippen LogP contribution in [0.1, 0.15) is 17.0 Å². The Morgan fingerprint density at radius 1 is 0.905 bits per heavy atom. The molecule has 0 saturated carbocycles. The van der Waals surface area contributed by atoms with Gasteiger partial charge in [0.15, 0.2) is 0 Å². The van der Waals surface area contributed by atoms with E-state index in [0.717, 1.165) is 16.7 Å². The molecule has 104 valence electrons. The predicted octanol–water partition coefficient (Wildman–Crippen LogP) is 3.84. The van der Waals surface area contributed by atoms with Gasteiger partial charge >= 0.3 is 0 Å². The van der Waals surface area contributed by atoms with Gasteiger partial charge in [-0.25, -0.2) is 0 Å². The highest BCUT2D eigenvalue weighted by atomic mass is 16.2. The van der Waals surface area contributed by atoms with Crippen LogP contribution in [0.15, 0.2) is 79.0 Å². The van der Waals surface area contributed by atoms with Crippen molar-refractivity contribution in [2.24, 2.45) is 0 Å². The summed E-state index contributed by atoms with van der Waals surface area (Å²) in [6.45, 7) is 0. The standard InChI is InChI=1S/C19H17NO/c1-20-13-12-17(15-8-4-2-5-9-15)14-18(19(20)21)16-10-6-3-7-11-16/h2-14,18H,1H3. The number of amides is 1. The summed E-state index contributed by atoms with van der Waals surface area (Å²) in [7, 11) is 1.80. The number of benzene rings is 2. The summed E-state index contributed by atoms with van der Waals surface area (Å²) < 4.78 is 0. The van der Waals surface area contributed by atoms with Gasteiger partial charge in [-0.1, -0.05) is 66.7 Å². The Labute approximate surface area is 125 Å². The summed E-state index contributed by atoms with van der Waals surface area (Å²) in [6, 6.07) is 20.1. The van der Waals surface area contributed by atoms with Gasteiger partial charge in [0.2, 0.25) is 5.91 Å². The number of likely N-dealkylation sites (N-methyl/N-ethyl adjacent to an activating group) is 1. The number of hydrogen-bond donors (Lipinski definition) is 0. The van der Waals surface area contributed by atoms with Crippen LogP contribution in [-0.2, 0) is 4.79 Å². The van der Waals surface area contributed by atoms with Gasteiger partial charge in [-0.15, -0.1) is 0 Å². The van der Waals surface area contributed by atoms with Crippen LogP contribution in [0.2, 0.25) is 0 Å². The maximum atomic E-state index is 12.6. The molecular weight excluding hydrogens is 258 g/mol. The number of carbonyl (C=O) groups is 1. The fourth-order valence-corrected chi connectivity index (χ4v) is 2.51. The lowest BCUT2D eigenvalue weighted by atomic mass is 9.94. The van der Waals surface area contributed by atoms with E-state index >= 15 is 0 Å². The van der Waals surface area contributed by atoms with Gasteiger partial charge in [0.05, 0.1) is 5.92 Å². The first-order chi connectivity index (χ1) is 10.3. The van der Waals surface area contributed by atoms with Crippen molar-refractivity contribution in [1.82, 2.24) is 4.90 Å². The van der Waals surface area contributed by atoms with E-state index < -0.39 is 0 Å². The topological polar surface area (TPSA) is 20.3 Å². The molecule has 0 saturated heterocycles. The fraction of sp³-hybridized carbons (Fsp3) is 0.105. The van der Waals surface area contributed by atoms with Crippen molar-refractivity contribution in [3.8, 4) is 0 Å². The third-order valence-electron chi connectivity index (χ3n) is 3.70. The van der Waals surface area contributed by atoms with E-state index in [1.807, 2.05) is 66.9 Å². The highest BCUT2D eigenvalue weighted by Gasteiger charge is 2.23. The lowest BCUT2D eigenvalue weighted by Gasteiger charge is -2.17. The molecule has 0 spiro atoms. The van der Waals surface area contributed by atoms with Crippen LogP contribution in [0.3, 0.4) is 0 Å². The Bertz CT molecular complexity index is 686. The monoisotopic (exact) mass is 275 g/mol. The molecule has 0 aromatic heterocycles. The van der Waals surface area contributed by atoms with Gasteiger partial charge in [0, 0.05) is 13.2 Å². The summed E-state index contributed by atoms with van der Waals surface area (Å²) in [5, 5.41) is 0. The van der Waals surface area contributed by atoms with Gasteiger partial charge in [-0.2, -0.15) is 0 Å². The summed E-state index contributed by atoms with van der Waals surface area (Å²) in [6.07, 6.45) is 5.88. The molecule has 2 heteroatoms. The molecule has 21 heavy (non-hydrogen) atoms. The first-order valence-electron chi connectivity index (χ1n) is 7.03. The zero-order valence-corrected chi connectivity index (χ0v) is 11.9. The molecule has 0 aliphatic carbocycles. The molecule has 2 aromatic rings. The summed E-state index contributed by atoms with van der Waals surface area (Å²) in [5.74, 6) is -0.162. The van der Waals surface area contributed by atoms with E-state index in [2.05, 4.69) is 12.1 Å². The van der Waals surface area contributed by atoms with Crippen LogP contribution in [0.25, 0.3) is 5.57 Å². The molecule has 1 unspecified atom stereocenters. The van der Waals surface area contributed by atoms with Gasteiger partial charge < -0.3 is 4.90 Å². The SMILES string of the molecule is CN1C=CC(c2ccccc2)=CC(c2ccccc2)C1=O. The van der Waals surface area contributed by atoms with Crippen molar-refractivity contribution in [2.45, 2.75) is 5.92 Å². The fourth-order valence-electron chi connectivity index (χ4n) is 2.51. The first-order valence-corrected chi connectivity index (χ1v) is 7.03. The number of rotatable bonds is 2.